The van der Waals surface area contributed by atoms with Gasteiger partial charge in [0, 0.05) is 26.2 Å². The molecule has 0 spiro atoms. The molecule has 2 fully saturated rings. The fourth-order valence-corrected chi connectivity index (χ4v) is 3.03. The number of hydrogen-bond donors (Lipinski definition) is 1. The first kappa shape index (κ1) is 17.0. The van der Waals surface area contributed by atoms with E-state index in [9.17, 15) is 0 Å². The van der Waals surface area contributed by atoms with Gasteiger partial charge in [0.2, 0.25) is 0 Å². The summed E-state index contributed by atoms with van der Waals surface area (Å²) in [6, 6.07) is 0. The maximum Gasteiger partial charge on any atom is 0.191 e. The molecule has 0 aromatic rings. The van der Waals surface area contributed by atoms with Crippen molar-refractivity contribution in [3.63, 3.8) is 0 Å². The predicted molar refractivity (Wildman–Crippen MR) is 92.2 cm³/mol. The maximum absolute atomic E-state index is 6.08. The van der Waals surface area contributed by atoms with Gasteiger partial charge >= 0.3 is 0 Å². The van der Waals surface area contributed by atoms with Crippen molar-refractivity contribution in [2.75, 3.05) is 39.3 Å². The molecular formula is C14H29IN4. The summed E-state index contributed by atoms with van der Waals surface area (Å²) in [5.41, 5.74) is 6.08. The van der Waals surface area contributed by atoms with E-state index < -0.39 is 0 Å². The number of piperidine rings is 1. The predicted octanol–water partition coefficient (Wildman–Crippen LogP) is 2.14. The summed E-state index contributed by atoms with van der Waals surface area (Å²) in [6.07, 6.45) is 6.43. The number of aliphatic imine (C=N–C) groups is 1. The van der Waals surface area contributed by atoms with Gasteiger partial charge in [-0.1, -0.05) is 6.92 Å². The minimum Gasteiger partial charge on any atom is -0.370 e. The van der Waals surface area contributed by atoms with Crippen molar-refractivity contribution in [2.24, 2.45) is 16.6 Å². The minimum absolute atomic E-state index is 0. The van der Waals surface area contributed by atoms with Gasteiger partial charge in [0.15, 0.2) is 5.96 Å². The number of hydrogen-bond acceptors (Lipinski definition) is 2. The monoisotopic (exact) mass is 380 g/mol. The molecule has 0 radical (unpaired) electrons. The van der Waals surface area contributed by atoms with Crippen LogP contribution >= 0.6 is 24.0 Å². The quantitative estimate of drug-likeness (QED) is 0.462. The Labute approximate surface area is 134 Å². The highest BCUT2D eigenvalue weighted by molar-refractivity contribution is 14.0. The first-order valence-electron chi connectivity index (χ1n) is 7.57. The molecular weight excluding hydrogens is 351 g/mol. The van der Waals surface area contributed by atoms with Crippen molar-refractivity contribution in [3.8, 4) is 0 Å². The lowest BCUT2D eigenvalue weighted by atomic mass is 10.1. The number of likely N-dealkylation sites (tertiary alicyclic amines) is 2. The molecule has 2 saturated heterocycles. The Morgan fingerprint density at radius 2 is 1.95 bits per heavy atom. The first-order valence-corrected chi connectivity index (χ1v) is 7.57. The maximum atomic E-state index is 6.08. The smallest absolute Gasteiger partial charge is 0.191 e. The van der Waals surface area contributed by atoms with E-state index in [0.717, 1.165) is 31.5 Å². The van der Waals surface area contributed by atoms with Crippen molar-refractivity contribution in [3.05, 3.63) is 0 Å². The fraction of sp³-hybridized carbons (Fsp3) is 0.929. The van der Waals surface area contributed by atoms with E-state index in [2.05, 4.69) is 21.7 Å². The third kappa shape index (κ3) is 5.45. The molecule has 0 bridgehead atoms. The Kier molecular flexibility index (Phi) is 8.06. The third-order valence-corrected chi connectivity index (χ3v) is 4.10. The van der Waals surface area contributed by atoms with E-state index in [0.29, 0.717) is 0 Å². The molecule has 112 valence electrons. The van der Waals surface area contributed by atoms with Crippen molar-refractivity contribution in [1.82, 2.24) is 9.80 Å². The number of halogens is 1. The molecule has 1 unspecified atom stereocenters. The van der Waals surface area contributed by atoms with Crippen molar-refractivity contribution >= 4 is 29.9 Å². The van der Waals surface area contributed by atoms with Gasteiger partial charge in [-0.3, -0.25) is 4.99 Å². The summed E-state index contributed by atoms with van der Waals surface area (Å²) in [5, 5.41) is 0. The van der Waals surface area contributed by atoms with Crippen LogP contribution in [0.3, 0.4) is 0 Å². The van der Waals surface area contributed by atoms with E-state index in [4.69, 9.17) is 5.73 Å². The van der Waals surface area contributed by atoms with Crippen LogP contribution in [0.15, 0.2) is 4.99 Å². The van der Waals surface area contributed by atoms with Crippen LogP contribution in [0, 0.1) is 5.92 Å². The van der Waals surface area contributed by atoms with Crippen LogP contribution in [-0.4, -0.2) is 55.0 Å². The van der Waals surface area contributed by atoms with Gasteiger partial charge in [-0.2, -0.15) is 0 Å². The normalized spacial score (nSPS) is 25.4. The molecule has 0 aromatic heterocycles. The second kappa shape index (κ2) is 9.00. The number of nitrogens with two attached hydrogens (primary N) is 1. The van der Waals surface area contributed by atoms with E-state index in [1.54, 1.807) is 0 Å². The molecule has 5 heteroatoms. The zero-order valence-electron chi connectivity index (χ0n) is 12.2. The molecule has 19 heavy (non-hydrogen) atoms. The van der Waals surface area contributed by atoms with Gasteiger partial charge in [0.1, 0.15) is 0 Å². The highest BCUT2D eigenvalue weighted by atomic mass is 127. The third-order valence-electron chi connectivity index (χ3n) is 4.10. The topological polar surface area (TPSA) is 44.9 Å². The molecule has 0 amide bonds. The second-order valence-corrected chi connectivity index (χ2v) is 5.70. The zero-order chi connectivity index (χ0) is 12.8. The van der Waals surface area contributed by atoms with Crippen LogP contribution in [0.1, 0.15) is 39.0 Å². The standard InChI is InChI=1S/C14H28N4.HI/c1-2-7-17-10-6-13(12-17)11-16-14(15)18-8-4-3-5-9-18;/h13H,2-12H2,1H3,(H2,15,16);1H. The van der Waals surface area contributed by atoms with E-state index in [-0.39, 0.29) is 24.0 Å². The molecule has 4 nitrogen and oxygen atoms in total. The Bertz CT molecular complexity index is 277. The highest BCUT2D eigenvalue weighted by Crippen LogP contribution is 2.16. The molecule has 2 aliphatic rings. The first-order chi connectivity index (χ1) is 8.79. The van der Waals surface area contributed by atoms with Crippen molar-refractivity contribution in [2.45, 2.75) is 39.0 Å². The SMILES string of the molecule is CCCN1CCC(CN=C(N)N2CCCCC2)C1.I. The molecule has 0 aliphatic carbocycles. The average molecular weight is 380 g/mol. The molecule has 0 aromatic carbocycles. The summed E-state index contributed by atoms with van der Waals surface area (Å²) in [5.74, 6) is 1.50. The van der Waals surface area contributed by atoms with Crippen molar-refractivity contribution < 1.29 is 0 Å². The van der Waals surface area contributed by atoms with Gasteiger partial charge in [-0.25, -0.2) is 0 Å². The second-order valence-electron chi connectivity index (χ2n) is 5.70. The van der Waals surface area contributed by atoms with E-state index in [1.165, 1.54) is 51.7 Å². The van der Waals surface area contributed by atoms with E-state index in [1.807, 2.05) is 0 Å². The van der Waals surface area contributed by atoms with Crippen LogP contribution in [0.4, 0.5) is 0 Å². The molecule has 2 heterocycles. The minimum atomic E-state index is 0. The lowest BCUT2D eigenvalue weighted by molar-refractivity contribution is 0.324. The number of guanidine groups is 1. The Balaban J connectivity index is 0.00000180. The number of rotatable bonds is 4. The lowest BCUT2D eigenvalue weighted by Crippen LogP contribution is -2.41. The Morgan fingerprint density at radius 3 is 2.63 bits per heavy atom. The lowest BCUT2D eigenvalue weighted by Gasteiger charge is -2.27. The average Bonchev–Trinajstić information content (AvgIpc) is 2.85. The van der Waals surface area contributed by atoms with Crippen LogP contribution < -0.4 is 5.73 Å². The Morgan fingerprint density at radius 1 is 1.21 bits per heavy atom. The van der Waals surface area contributed by atoms with E-state index >= 15 is 0 Å². The summed E-state index contributed by atoms with van der Waals surface area (Å²) >= 11 is 0. The van der Waals surface area contributed by atoms with Crippen molar-refractivity contribution in [1.29, 1.82) is 0 Å². The van der Waals surface area contributed by atoms with Crippen LogP contribution in [0.2, 0.25) is 0 Å². The van der Waals surface area contributed by atoms with Crippen LogP contribution in [0.5, 0.6) is 0 Å². The fourth-order valence-electron chi connectivity index (χ4n) is 3.03. The largest absolute Gasteiger partial charge is 0.370 e. The molecule has 2 N–H and O–H groups in total. The molecule has 0 saturated carbocycles. The Hall–Kier alpha value is -0.0400. The summed E-state index contributed by atoms with van der Waals surface area (Å²) in [7, 11) is 0. The molecule has 2 aliphatic heterocycles. The summed E-state index contributed by atoms with van der Waals surface area (Å²) in [4.78, 5) is 9.42. The molecule has 2 rings (SSSR count). The highest BCUT2D eigenvalue weighted by Gasteiger charge is 2.21. The van der Waals surface area contributed by atoms with Gasteiger partial charge < -0.3 is 15.5 Å². The summed E-state index contributed by atoms with van der Waals surface area (Å²) in [6.45, 7) is 9.07. The summed E-state index contributed by atoms with van der Waals surface area (Å²) < 4.78 is 0. The molecule has 1 atom stereocenters. The van der Waals surface area contributed by atoms with Crippen LogP contribution in [-0.2, 0) is 0 Å². The van der Waals surface area contributed by atoms with Gasteiger partial charge in [-0.15, -0.1) is 24.0 Å². The van der Waals surface area contributed by atoms with Crippen LogP contribution in [0.25, 0.3) is 0 Å². The van der Waals surface area contributed by atoms with Gasteiger partial charge in [0.05, 0.1) is 0 Å². The number of nitrogens with zero attached hydrogens (tertiary/aromatic N) is 3. The van der Waals surface area contributed by atoms with Gasteiger partial charge in [-0.05, 0) is 51.1 Å². The van der Waals surface area contributed by atoms with Gasteiger partial charge in [0.25, 0.3) is 0 Å². The zero-order valence-corrected chi connectivity index (χ0v) is 14.5.